The average molecular weight is 257 g/mol. The molecule has 0 spiro atoms. The highest BCUT2D eigenvalue weighted by Crippen LogP contribution is 2.15. The quantitative estimate of drug-likeness (QED) is 0.628. The molecule has 0 amide bonds. The normalized spacial score (nSPS) is 10.3. The van der Waals surface area contributed by atoms with Crippen molar-refractivity contribution in [2.75, 3.05) is 12.5 Å². The van der Waals surface area contributed by atoms with E-state index in [1.54, 1.807) is 19.1 Å². The van der Waals surface area contributed by atoms with Gasteiger partial charge in [-0.15, -0.1) is 11.6 Å². The van der Waals surface area contributed by atoms with Gasteiger partial charge in [0.25, 0.3) is 0 Å². The van der Waals surface area contributed by atoms with Gasteiger partial charge in [-0.1, -0.05) is 6.07 Å². The van der Waals surface area contributed by atoms with Crippen molar-refractivity contribution in [3.05, 3.63) is 34.9 Å². The van der Waals surface area contributed by atoms with Crippen LogP contribution in [0.1, 0.15) is 34.8 Å². The fourth-order valence-electron chi connectivity index (χ4n) is 1.62. The van der Waals surface area contributed by atoms with Crippen LogP contribution in [0.15, 0.2) is 18.2 Å². The molecule has 94 valence electrons. The fourth-order valence-corrected chi connectivity index (χ4v) is 1.75. The molecule has 0 atom stereocenters. The Morgan fingerprint density at radius 3 is 2.76 bits per heavy atom. The maximum atomic E-state index is 11.5. The Morgan fingerprint density at radius 2 is 2.18 bits per heavy atom. The van der Waals surface area contributed by atoms with Crippen molar-refractivity contribution in [3.8, 4) is 0 Å². The van der Waals surface area contributed by atoms with Crippen LogP contribution in [0.4, 0.5) is 0 Å². The highest BCUT2D eigenvalue weighted by atomic mass is 35.5. The lowest BCUT2D eigenvalue weighted by Crippen LogP contribution is -2.06. The number of halogens is 1. The molecule has 0 aliphatic heterocycles. The summed E-state index contributed by atoms with van der Waals surface area (Å²) in [5, 5.41) is 9.27. The van der Waals surface area contributed by atoms with Gasteiger partial charge in [0.15, 0.2) is 0 Å². The van der Waals surface area contributed by atoms with Crippen molar-refractivity contribution >= 4 is 17.6 Å². The lowest BCUT2D eigenvalue weighted by molar-refractivity contribution is 0.0526. The van der Waals surface area contributed by atoms with Crippen LogP contribution in [-0.4, -0.2) is 23.6 Å². The smallest absolute Gasteiger partial charge is 0.338 e. The zero-order valence-corrected chi connectivity index (χ0v) is 10.7. The van der Waals surface area contributed by atoms with Crippen molar-refractivity contribution in [1.29, 1.82) is 0 Å². The zero-order chi connectivity index (χ0) is 12.7. The van der Waals surface area contributed by atoms with E-state index in [1.165, 1.54) is 0 Å². The molecule has 4 heteroatoms. The van der Waals surface area contributed by atoms with E-state index in [9.17, 15) is 9.90 Å². The minimum Gasteiger partial charge on any atom is -0.462 e. The van der Waals surface area contributed by atoms with Gasteiger partial charge in [0, 0.05) is 5.88 Å². The summed E-state index contributed by atoms with van der Waals surface area (Å²) in [4.78, 5) is 11.5. The highest BCUT2D eigenvalue weighted by molar-refractivity contribution is 6.17. The Kier molecular flexibility index (Phi) is 6.01. The number of rotatable bonds is 6. The number of aliphatic hydroxyl groups is 1. The molecule has 1 aromatic carbocycles. The number of alkyl halides is 1. The molecule has 0 saturated carbocycles. The topological polar surface area (TPSA) is 46.5 Å². The lowest BCUT2D eigenvalue weighted by Gasteiger charge is -2.09. The highest BCUT2D eigenvalue weighted by Gasteiger charge is 2.09. The number of hydrogen-bond donors (Lipinski definition) is 1. The Morgan fingerprint density at radius 1 is 1.41 bits per heavy atom. The van der Waals surface area contributed by atoms with Gasteiger partial charge in [-0.25, -0.2) is 4.79 Å². The number of aryl methyl sites for hydroxylation is 1. The molecule has 1 rings (SSSR count). The summed E-state index contributed by atoms with van der Waals surface area (Å²) in [6.45, 7) is 2.03. The predicted octanol–water partition coefficient (Wildman–Crippen LogP) is 2.53. The first-order valence-electron chi connectivity index (χ1n) is 5.68. The fraction of sp³-hybridized carbons (Fsp3) is 0.462. The summed E-state index contributed by atoms with van der Waals surface area (Å²) < 4.78 is 4.91. The van der Waals surface area contributed by atoms with Gasteiger partial charge < -0.3 is 9.84 Å². The van der Waals surface area contributed by atoms with E-state index in [2.05, 4.69) is 0 Å². The predicted molar refractivity (Wildman–Crippen MR) is 67.4 cm³/mol. The van der Waals surface area contributed by atoms with Gasteiger partial charge in [0.05, 0.1) is 18.8 Å². The van der Waals surface area contributed by atoms with Gasteiger partial charge in [0.2, 0.25) is 0 Å². The van der Waals surface area contributed by atoms with Crippen molar-refractivity contribution in [1.82, 2.24) is 0 Å². The van der Waals surface area contributed by atoms with Crippen LogP contribution >= 0.6 is 11.6 Å². The second kappa shape index (κ2) is 7.30. The summed E-state index contributed by atoms with van der Waals surface area (Å²) in [6.07, 6.45) is 1.66. The van der Waals surface area contributed by atoms with E-state index in [0.29, 0.717) is 18.1 Å². The molecule has 0 aliphatic rings. The minimum absolute atomic E-state index is 0.0785. The molecule has 0 bridgehead atoms. The van der Waals surface area contributed by atoms with Crippen molar-refractivity contribution in [3.63, 3.8) is 0 Å². The molecule has 17 heavy (non-hydrogen) atoms. The Hall–Kier alpha value is -1.06. The summed E-state index contributed by atoms with van der Waals surface area (Å²) in [6, 6.07) is 5.26. The lowest BCUT2D eigenvalue weighted by atomic mass is 10.0. The third kappa shape index (κ3) is 4.02. The molecule has 0 radical (unpaired) electrons. The second-order valence-electron chi connectivity index (χ2n) is 3.65. The number of ether oxygens (including phenoxy) is 1. The third-order valence-electron chi connectivity index (χ3n) is 2.47. The Labute approximate surface area is 106 Å². The molecule has 0 saturated heterocycles. The Bertz CT molecular complexity index is 377. The van der Waals surface area contributed by atoms with Crippen molar-refractivity contribution in [2.24, 2.45) is 0 Å². The molecule has 0 unspecified atom stereocenters. The first-order valence-corrected chi connectivity index (χ1v) is 6.22. The first-order chi connectivity index (χ1) is 8.22. The van der Waals surface area contributed by atoms with Gasteiger partial charge in [-0.05, 0) is 43.0 Å². The first kappa shape index (κ1) is 14.0. The van der Waals surface area contributed by atoms with Crippen LogP contribution in [0.5, 0.6) is 0 Å². The standard InChI is InChI=1S/C13H17ClO3/c1-2-17-13(16)11-6-5-10(4-3-7-14)12(8-11)9-15/h5-6,8,15H,2-4,7,9H2,1H3. The average Bonchev–Trinajstić information content (AvgIpc) is 2.36. The summed E-state index contributed by atoms with van der Waals surface area (Å²) in [5.74, 6) is 0.232. The summed E-state index contributed by atoms with van der Waals surface area (Å²) >= 11 is 5.63. The van der Waals surface area contributed by atoms with Crippen LogP contribution in [0.3, 0.4) is 0 Å². The molecule has 0 heterocycles. The zero-order valence-electron chi connectivity index (χ0n) is 9.91. The maximum Gasteiger partial charge on any atom is 0.338 e. The Balaban J connectivity index is 2.87. The van der Waals surface area contributed by atoms with E-state index in [0.717, 1.165) is 24.0 Å². The van der Waals surface area contributed by atoms with Crippen molar-refractivity contribution in [2.45, 2.75) is 26.4 Å². The molecule has 0 aliphatic carbocycles. The third-order valence-corrected chi connectivity index (χ3v) is 2.73. The van der Waals surface area contributed by atoms with E-state index in [-0.39, 0.29) is 12.6 Å². The largest absolute Gasteiger partial charge is 0.462 e. The van der Waals surface area contributed by atoms with Gasteiger partial charge >= 0.3 is 5.97 Å². The molecule has 0 aromatic heterocycles. The van der Waals surface area contributed by atoms with Crippen LogP contribution in [0.2, 0.25) is 0 Å². The molecular formula is C13H17ClO3. The molecule has 1 aromatic rings. The number of hydrogen-bond acceptors (Lipinski definition) is 3. The number of aliphatic hydroxyl groups excluding tert-OH is 1. The molecule has 0 fully saturated rings. The van der Waals surface area contributed by atoms with Crippen LogP contribution in [-0.2, 0) is 17.8 Å². The van der Waals surface area contributed by atoms with Crippen LogP contribution < -0.4 is 0 Å². The summed E-state index contributed by atoms with van der Waals surface area (Å²) in [7, 11) is 0. The monoisotopic (exact) mass is 256 g/mol. The van der Waals surface area contributed by atoms with E-state index in [1.807, 2.05) is 6.07 Å². The second-order valence-corrected chi connectivity index (χ2v) is 4.03. The van der Waals surface area contributed by atoms with Crippen molar-refractivity contribution < 1.29 is 14.6 Å². The molecule has 3 nitrogen and oxygen atoms in total. The van der Waals surface area contributed by atoms with Gasteiger partial charge in [0.1, 0.15) is 0 Å². The minimum atomic E-state index is -0.355. The van der Waals surface area contributed by atoms with Gasteiger partial charge in [-0.2, -0.15) is 0 Å². The van der Waals surface area contributed by atoms with E-state index < -0.39 is 0 Å². The van der Waals surface area contributed by atoms with Crippen LogP contribution in [0, 0.1) is 0 Å². The molecular weight excluding hydrogens is 240 g/mol. The van der Waals surface area contributed by atoms with Gasteiger partial charge in [-0.3, -0.25) is 0 Å². The molecule has 1 N–H and O–H groups in total. The van der Waals surface area contributed by atoms with E-state index in [4.69, 9.17) is 16.3 Å². The maximum absolute atomic E-state index is 11.5. The number of esters is 1. The van der Waals surface area contributed by atoms with E-state index >= 15 is 0 Å². The number of carbonyl (C=O) groups excluding carboxylic acids is 1. The number of carbonyl (C=O) groups is 1. The summed E-state index contributed by atoms with van der Waals surface area (Å²) in [5.41, 5.74) is 2.27. The van der Waals surface area contributed by atoms with Crippen LogP contribution in [0.25, 0.3) is 0 Å². The SMILES string of the molecule is CCOC(=O)c1ccc(CCCCl)c(CO)c1. The number of benzene rings is 1.